The largest absolute Gasteiger partial charge is 0.481 e. The zero-order valence-corrected chi connectivity index (χ0v) is 8.84. The van der Waals surface area contributed by atoms with Crippen molar-refractivity contribution in [1.82, 2.24) is 4.90 Å². The van der Waals surface area contributed by atoms with Gasteiger partial charge in [-0.05, 0) is 20.4 Å². The predicted molar refractivity (Wildman–Crippen MR) is 49.6 cm³/mol. The molecule has 15 heavy (non-hydrogen) atoms. The van der Waals surface area contributed by atoms with E-state index in [1.165, 1.54) is 4.90 Å². The number of carboxylic acid groups (broad SMARTS) is 1. The first-order chi connectivity index (χ1) is 6.72. The minimum absolute atomic E-state index is 0.0163. The minimum Gasteiger partial charge on any atom is -0.481 e. The van der Waals surface area contributed by atoms with Crippen LogP contribution < -0.4 is 0 Å². The highest BCUT2D eigenvalue weighted by Gasteiger charge is 2.27. The Hall–Kier alpha value is -0.780. The molecule has 3 nitrogen and oxygen atoms in total. The Morgan fingerprint density at radius 2 is 2.00 bits per heavy atom. The van der Waals surface area contributed by atoms with Crippen LogP contribution in [0.3, 0.4) is 0 Å². The molecule has 0 aromatic heterocycles. The van der Waals surface area contributed by atoms with E-state index in [9.17, 15) is 18.0 Å². The van der Waals surface area contributed by atoms with Gasteiger partial charge in [-0.3, -0.25) is 4.79 Å². The smallest absolute Gasteiger partial charge is 0.390 e. The second kappa shape index (κ2) is 5.95. The van der Waals surface area contributed by atoms with E-state index in [2.05, 4.69) is 0 Å². The van der Waals surface area contributed by atoms with Gasteiger partial charge in [0, 0.05) is 19.0 Å². The highest BCUT2D eigenvalue weighted by molar-refractivity contribution is 5.66. The van der Waals surface area contributed by atoms with Crippen molar-refractivity contribution in [2.24, 2.45) is 0 Å². The Balaban J connectivity index is 3.78. The molecule has 0 aromatic rings. The molecule has 0 fully saturated rings. The van der Waals surface area contributed by atoms with Crippen molar-refractivity contribution in [3.63, 3.8) is 0 Å². The second-order valence-corrected chi connectivity index (χ2v) is 3.63. The first-order valence-corrected chi connectivity index (χ1v) is 4.71. The van der Waals surface area contributed by atoms with Gasteiger partial charge >= 0.3 is 12.1 Å². The quantitative estimate of drug-likeness (QED) is 0.755. The topological polar surface area (TPSA) is 40.5 Å². The molecule has 0 aliphatic carbocycles. The lowest BCUT2D eigenvalue weighted by atomic mass is 10.1. The number of carbonyl (C=O) groups is 1. The Bertz CT molecular complexity index is 206. The average Bonchev–Trinajstić information content (AvgIpc) is 2.08. The molecule has 0 saturated carbocycles. The highest BCUT2D eigenvalue weighted by atomic mass is 19.4. The van der Waals surface area contributed by atoms with Crippen LogP contribution in [0.5, 0.6) is 0 Å². The first kappa shape index (κ1) is 14.2. The normalized spacial score (nSPS) is 14.3. The Kier molecular flexibility index (Phi) is 5.64. The molecule has 0 aromatic carbocycles. The van der Waals surface area contributed by atoms with E-state index < -0.39 is 18.6 Å². The Labute approximate surface area is 86.9 Å². The molecular formula is C9H16F3NO2. The fraction of sp³-hybridized carbons (Fsp3) is 0.889. The third kappa shape index (κ3) is 8.23. The second-order valence-electron chi connectivity index (χ2n) is 3.63. The molecule has 1 N–H and O–H groups in total. The van der Waals surface area contributed by atoms with Crippen molar-refractivity contribution >= 4 is 5.97 Å². The summed E-state index contributed by atoms with van der Waals surface area (Å²) in [5.74, 6) is -0.925. The number of rotatable bonds is 6. The molecule has 90 valence electrons. The molecule has 0 heterocycles. The van der Waals surface area contributed by atoms with Gasteiger partial charge in [-0.1, -0.05) is 0 Å². The van der Waals surface area contributed by atoms with Crippen molar-refractivity contribution in [3.8, 4) is 0 Å². The van der Waals surface area contributed by atoms with Crippen LogP contribution in [0.1, 0.15) is 26.2 Å². The van der Waals surface area contributed by atoms with Crippen molar-refractivity contribution in [2.75, 3.05) is 13.6 Å². The number of hydrogen-bond donors (Lipinski definition) is 1. The van der Waals surface area contributed by atoms with Gasteiger partial charge in [0.15, 0.2) is 0 Å². The van der Waals surface area contributed by atoms with Gasteiger partial charge in [-0.25, -0.2) is 0 Å². The van der Waals surface area contributed by atoms with Crippen LogP contribution >= 0.6 is 0 Å². The van der Waals surface area contributed by atoms with Crippen molar-refractivity contribution in [1.29, 1.82) is 0 Å². The van der Waals surface area contributed by atoms with Crippen LogP contribution in [0.15, 0.2) is 0 Å². The molecule has 0 saturated heterocycles. The van der Waals surface area contributed by atoms with E-state index in [-0.39, 0.29) is 19.0 Å². The minimum atomic E-state index is -4.15. The highest BCUT2D eigenvalue weighted by Crippen LogP contribution is 2.20. The maximum absolute atomic E-state index is 11.9. The monoisotopic (exact) mass is 227 g/mol. The molecular weight excluding hydrogens is 211 g/mol. The maximum Gasteiger partial charge on any atom is 0.390 e. The van der Waals surface area contributed by atoms with Crippen LogP contribution in [0, 0.1) is 0 Å². The van der Waals surface area contributed by atoms with Gasteiger partial charge in [-0.2, -0.15) is 13.2 Å². The van der Waals surface area contributed by atoms with Crippen LogP contribution in [0.25, 0.3) is 0 Å². The average molecular weight is 227 g/mol. The lowest BCUT2D eigenvalue weighted by molar-refractivity contribution is -0.140. The summed E-state index contributed by atoms with van der Waals surface area (Å²) < 4.78 is 35.6. The van der Waals surface area contributed by atoms with E-state index in [1.807, 2.05) is 0 Å². The fourth-order valence-electron chi connectivity index (χ4n) is 1.08. The molecule has 0 spiro atoms. The third-order valence-corrected chi connectivity index (χ3v) is 2.28. The molecule has 1 atom stereocenters. The number of halogens is 3. The van der Waals surface area contributed by atoms with Gasteiger partial charge in [0.1, 0.15) is 0 Å². The standard InChI is InChI=1S/C9H16F3NO2/c1-7(3-4-8(14)15)13(2)6-5-9(10,11)12/h7H,3-6H2,1-2H3,(H,14,15). The summed E-state index contributed by atoms with van der Waals surface area (Å²) in [5, 5.41) is 8.40. The maximum atomic E-state index is 11.9. The zero-order valence-electron chi connectivity index (χ0n) is 8.84. The molecule has 1 unspecified atom stereocenters. The number of alkyl halides is 3. The summed E-state index contributed by atoms with van der Waals surface area (Å²) in [5.41, 5.74) is 0. The Morgan fingerprint density at radius 1 is 1.47 bits per heavy atom. The van der Waals surface area contributed by atoms with Gasteiger partial charge in [0.2, 0.25) is 0 Å². The SMILES string of the molecule is CC(CCC(=O)O)N(C)CCC(F)(F)F. The van der Waals surface area contributed by atoms with Crippen LogP contribution in [-0.4, -0.2) is 41.8 Å². The summed E-state index contributed by atoms with van der Waals surface area (Å²) in [4.78, 5) is 11.8. The van der Waals surface area contributed by atoms with E-state index in [0.29, 0.717) is 6.42 Å². The van der Waals surface area contributed by atoms with Gasteiger partial charge in [0.25, 0.3) is 0 Å². The fourth-order valence-corrected chi connectivity index (χ4v) is 1.08. The van der Waals surface area contributed by atoms with Crippen molar-refractivity contribution < 1.29 is 23.1 Å². The molecule has 0 bridgehead atoms. The lowest BCUT2D eigenvalue weighted by Crippen LogP contribution is -2.32. The summed E-state index contributed by atoms with van der Waals surface area (Å²) in [6, 6.07) is -0.150. The summed E-state index contributed by atoms with van der Waals surface area (Å²) in [6.45, 7) is 1.63. The third-order valence-electron chi connectivity index (χ3n) is 2.28. The number of hydrogen-bond acceptors (Lipinski definition) is 2. The van der Waals surface area contributed by atoms with Gasteiger partial charge in [-0.15, -0.1) is 0 Å². The molecule has 0 radical (unpaired) electrons. The van der Waals surface area contributed by atoms with Crippen molar-refractivity contribution in [2.45, 2.75) is 38.4 Å². The summed E-state index contributed by atoms with van der Waals surface area (Å²) in [7, 11) is 1.57. The predicted octanol–water partition coefficient (Wildman–Crippen LogP) is 2.12. The first-order valence-electron chi connectivity index (χ1n) is 4.71. The summed E-state index contributed by atoms with van der Waals surface area (Å²) >= 11 is 0. The zero-order chi connectivity index (χ0) is 12.1. The van der Waals surface area contributed by atoms with Gasteiger partial charge in [0.05, 0.1) is 6.42 Å². The Morgan fingerprint density at radius 3 is 2.40 bits per heavy atom. The van der Waals surface area contributed by atoms with Crippen LogP contribution in [-0.2, 0) is 4.79 Å². The van der Waals surface area contributed by atoms with E-state index in [0.717, 1.165) is 0 Å². The van der Waals surface area contributed by atoms with Gasteiger partial charge < -0.3 is 10.0 Å². The van der Waals surface area contributed by atoms with Crippen molar-refractivity contribution in [3.05, 3.63) is 0 Å². The molecule has 6 heteroatoms. The van der Waals surface area contributed by atoms with Crippen LogP contribution in [0.4, 0.5) is 13.2 Å². The van der Waals surface area contributed by atoms with E-state index >= 15 is 0 Å². The molecule has 0 amide bonds. The van der Waals surface area contributed by atoms with E-state index in [1.54, 1.807) is 14.0 Å². The van der Waals surface area contributed by atoms with Crippen LogP contribution in [0.2, 0.25) is 0 Å². The number of nitrogens with zero attached hydrogens (tertiary/aromatic N) is 1. The lowest BCUT2D eigenvalue weighted by Gasteiger charge is -2.24. The molecule has 0 aliphatic rings. The summed E-state index contributed by atoms with van der Waals surface area (Å²) in [6.07, 6.45) is -4.66. The van der Waals surface area contributed by atoms with E-state index in [4.69, 9.17) is 5.11 Å². The molecule has 0 aliphatic heterocycles. The number of carboxylic acids is 1. The molecule has 0 rings (SSSR count). The number of aliphatic carboxylic acids is 1.